The molecule has 0 aromatic heterocycles. The number of carbonyl (C=O) groups is 1. The van der Waals surface area contributed by atoms with Gasteiger partial charge >= 0.3 is 5.97 Å². The molecule has 0 radical (unpaired) electrons. The first kappa shape index (κ1) is 14.5. The average molecular weight is 313 g/mol. The van der Waals surface area contributed by atoms with E-state index < -0.39 is 5.97 Å². The number of hydrogen-bond donors (Lipinski definition) is 2. The number of carboxylic acid groups (broad SMARTS) is 1. The zero-order valence-electron chi connectivity index (χ0n) is 11.8. The van der Waals surface area contributed by atoms with Gasteiger partial charge in [0.05, 0.1) is 5.69 Å². The van der Waals surface area contributed by atoms with Crippen LogP contribution in [-0.2, 0) is 4.79 Å². The lowest BCUT2D eigenvalue weighted by Gasteiger charge is -2.13. The number of allylic oxidation sites excluding steroid dienone is 4. The second kappa shape index (κ2) is 6.58. The quantitative estimate of drug-likeness (QED) is 0.782. The molecule has 0 fully saturated rings. The second-order valence-electron chi connectivity index (χ2n) is 4.81. The summed E-state index contributed by atoms with van der Waals surface area (Å²) in [4.78, 5) is 11.9. The summed E-state index contributed by atoms with van der Waals surface area (Å²) in [6.45, 7) is -0.343. The van der Waals surface area contributed by atoms with E-state index in [0.717, 1.165) is 22.9 Å². The molecule has 0 saturated carbocycles. The molecule has 0 unspecified atom stereocenters. The molecule has 4 nitrogen and oxygen atoms in total. The van der Waals surface area contributed by atoms with Crippen LogP contribution in [0.2, 0.25) is 0 Å². The van der Waals surface area contributed by atoms with E-state index in [1.165, 1.54) is 4.91 Å². The van der Waals surface area contributed by atoms with Crippen molar-refractivity contribution in [2.45, 2.75) is 6.42 Å². The zero-order chi connectivity index (χ0) is 15.4. The van der Waals surface area contributed by atoms with Crippen molar-refractivity contribution in [3.8, 4) is 5.75 Å². The number of nitrogens with one attached hydrogen (secondary N) is 1. The summed E-state index contributed by atoms with van der Waals surface area (Å²) in [5.41, 5.74) is 0.982. The molecule has 0 atom stereocenters. The summed E-state index contributed by atoms with van der Waals surface area (Å²) in [6, 6.07) is 11.5. The minimum absolute atomic E-state index is 0.343. The zero-order valence-corrected chi connectivity index (χ0v) is 12.6. The van der Waals surface area contributed by atoms with Crippen molar-refractivity contribution >= 4 is 34.4 Å². The van der Waals surface area contributed by atoms with Gasteiger partial charge in [-0.15, -0.1) is 0 Å². The predicted molar refractivity (Wildman–Crippen MR) is 90.1 cm³/mol. The first-order chi connectivity index (χ1) is 10.7. The SMILES string of the molecule is O=C(O)COc1ccc(NSC2=CC=CC2)c2ccccc12. The Morgan fingerprint density at radius 3 is 2.77 bits per heavy atom. The Balaban J connectivity index is 1.85. The highest BCUT2D eigenvalue weighted by atomic mass is 32.2. The summed E-state index contributed by atoms with van der Waals surface area (Å²) in [7, 11) is 0. The Labute approximate surface area is 132 Å². The van der Waals surface area contributed by atoms with Gasteiger partial charge < -0.3 is 14.6 Å². The normalized spacial score (nSPS) is 13.2. The highest BCUT2D eigenvalue weighted by Gasteiger charge is 2.09. The summed E-state index contributed by atoms with van der Waals surface area (Å²) in [5.74, 6) is -0.405. The van der Waals surface area contributed by atoms with Crippen LogP contribution in [0.5, 0.6) is 5.75 Å². The fraction of sp³-hybridized carbons (Fsp3) is 0.118. The Morgan fingerprint density at radius 1 is 1.23 bits per heavy atom. The summed E-state index contributed by atoms with van der Waals surface area (Å²) >= 11 is 1.59. The Bertz CT molecular complexity index is 768. The first-order valence-corrected chi connectivity index (χ1v) is 7.70. The molecule has 0 aliphatic heterocycles. The van der Waals surface area contributed by atoms with Crippen LogP contribution >= 0.6 is 11.9 Å². The Hall–Kier alpha value is -2.40. The van der Waals surface area contributed by atoms with Crippen molar-refractivity contribution in [2.24, 2.45) is 0 Å². The van der Waals surface area contributed by atoms with Crippen molar-refractivity contribution in [3.05, 3.63) is 59.5 Å². The van der Waals surface area contributed by atoms with E-state index in [-0.39, 0.29) is 6.61 Å². The lowest BCUT2D eigenvalue weighted by Crippen LogP contribution is -2.09. The van der Waals surface area contributed by atoms with Gasteiger partial charge in [-0.25, -0.2) is 4.79 Å². The molecule has 112 valence electrons. The molecular formula is C17H15NO3S. The smallest absolute Gasteiger partial charge is 0.341 e. The van der Waals surface area contributed by atoms with Crippen LogP contribution in [-0.4, -0.2) is 17.7 Å². The van der Waals surface area contributed by atoms with E-state index in [0.29, 0.717) is 5.75 Å². The number of fused-ring (bicyclic) bond motifs is 1. The van der Waals surface area contributed by atoms with Gasteiger partial charge in [0.2, 0.25) is 0 Å². The van der Waals surface area contributed by atoms with Gasteiger partial charge in [-0.1, -0.05) is 42.5 Å². The van der Waals surface area contributed by atoms with Crippen molar-refractivity contribution in [3.63, 3.8) is 0 Å². The number of carboxylic acids is 1. The van der Waals surface area contributed by atoms with Gasteiger partial charge in [-0.05, 0) is 30.5 Å². The molecule has 3 rings (SSSR count). The summed E-state index contributed by atoms with van der Waals surface area (Å²) in [5, 5.41) is 10.7. The van der Waals surface area contributed by atoms with Gasteiger partial charge in [-0.2, -0.15) is 0 Å². The predicted octanol–water partition coefficient (Wildman–Crippen LogP) is 4.21. The second-order valence-corrected chi connectivity index (χ2v) is 5.74. The Kier molecular flexibility index (Phi) is 4.34. The number of anilines is 1. The van der Waals surface area contributed by atoms with E-state index in [9.17, 15) is 4.79 Å². The lowest BCUT2D eigenvalue weighted by atomic mass is 10.1. The molecule has 0 amide bonds. The Morgan fingerprint density at radius 2 is 2.05 bits per heavy atom. The van der Waals surface area contributed by atoms with Gasteiger partial charge in [0.15, 0.2) is 6.61 Å². The van der Waals surface area contributed by atoms with Crippen molar-refractivity contribution in [1.29, 1.82) is 0 Å². The van der Waals surface area contributed by atoms with Gasteiger partial charge in [0.1, 0.15) is 5.75 Å². The monoisotopic (exact) mass is 313 g/mol. The molecule has 0 saturated heterocycles. The molecule has 1 aliphatic rings. The molecule has 22 heavy (non-hydrogen) atoms. The number of benzene rings is 2. The molecule has 2 N–H and O–H groups in total. The molecule has 0 heterocycles. The van der Waals surface area contributed by atoms with Crippen LogP contribution < -0.4 is 9.46 Å². The summed E-state index contributed by atoms with van der Waals surface area (Å²) in [6.07, 6.45) is 7.20. The first-order valence-electron chi connectivity index (χ1n) is 6.89. The third-order valence-corrected chi connectivity index (χ3v) is 4.15. The van der Waals surface area contributed by atoms with E-state index in [4.69, 9.17) is 9.84 Å². The van der Waals surface area contributed by atoms with Gasteiger partial charge in [0, 0.05) is 15.7 Å². The lowest BCUT2D eigenvalue weighted by molar-refractivity contribution is -0.139. The van der Waals surface area contributed by atoms with Crippen molar-refractivity contribution in [2.75, 3.05) is 11.3 Å². The van der Waals surface area contributed by atoms with Crippen LogP contribution in [0.1, 0.15) is 6.42 Å². The number of aliphatic carboxylic acids is 1. The summed E-state index contributed by atoms with van der Waals surface area (Å²) < 4.78 is 8.72. The van der Waals surface area contributed by atoms with Crippen LogP contribution in [0.3, 0.4) is 0 Å². The van der Waals surface area contributed by atoms with E-state index >= 15 is 0 Å². The van der Waals surface area contributed by atoms with Crippen molar-refractivity contribution in [1.82, 2.24) is 0 Å². The molecule has 5 heteroatoms. The van der Waals surface area contributed by atoms with Crippen LogP contribution in [0.25, 0.3) is 10.8 Å². The maximum Gasteiger partial charge on any atom is 0.341 e. The van der Waals surface area contributed by atoms with Gasteiger partial charge in [-0.3, -0.25) is 0 Å². The highest BCUT2D eigenvalue weighted by Crippen LogP contribution is 2.34. The number of rotatable bonds is 6. The molecule has 2 aromatic carbocycles. The average Bonchev–Trinajstić information content (AvgIpc) is 3.04. The van der Waals surface area contributed by atoms with Crippen LogP contribution in [0.4, 0.5) is 5.69 Å². The number of hydrogen-bond acceptors (Lipinski definition) is 4. The largest absolute Gasteiger partial charge is 0.481 e. The number of ether oxygens (including phenoxy) is 1. The van der Waals surface area contributed by atoms with E-state index in [2.05, 4.69) is 16.9 Å². The maximum absolute atomic E-state index is 10.7. The standard InChI is InChI=1S/C17H15NO3S/c19-17(20)11-21-16-10-9-15(13-7-3-4-8-14(13)16)18-22-12-5-1-2-6-12/h1-5,7-10,18H,6,11H2,(H,19,20). The highest BCUT2D eigenvalue weighted by molar-refractivity contribution is 8.04. The third-order valence-electron chi connectivity index (χ3n) is 3.26. The fourth-order valence-corrected chi connectivity index (χ4v) is 2.99. The fourth-order valence-electron chi connectivity index (χ4n) is 2.25. The van der Waals surface area contributed by atoms with Crippen molar-refractivity contribution < 1.29 is 14.6 Å². The molecule has 1 aliphatic carbocycles. The van der Waals surface area contributed by atoms with Crippen LogP contribution in [0, 0.1) is 0 Å². The molecule has 2 aromatic rings. The third kappa shape index (κ3) is 3.26. The topological polar surface area (TPSA) is 58.6 Å². The molecule has 0 spiro atoms. The van der Waals surface area contributed by atoms with Crippen LogP contribution in [0.15, 0.2) is 59.5 Å². The maximum atomic E-state index is 10.7. The van der Waals surface area contributed by atoms with E-state index in [1.54, 1.807) is 18.0 Å². The molecule has 0 bridgehead atoms. The minimum atomic E-state index is -0.984. The van der Waals surface area contributed by atoms with Gasteiger partial charge in [0.25, 0.3) is 0 Å². The minimum Gasteiger partial charge on any atom is -0.481 e. The molecular weight excluding hydrogens is 298 g/mol. The van der Waals surface area contributed by atoms with E-state index in [1.807, 2.05) is 36.4 Å².